The third kappa shape index (κ3) is 5.65. The molecule has 0 aliphatic carbocycles. The van der Waals surface area contributed by atoms with E-state index in [0.717, 1.165) is 5.56 Å². The maximum Gasteiger partial charge on any atom is 0.331 e. The number of carbonyl (C=O) groups is 2. The lowest BCUT2D eigenvalue weighted by Gasteiger charge is -2.12. The van der Waals surface area contributed by atoms with E-state index in [0.29, 0.717) is 22.0 Å². The van der Waals surface area contributed by atoms with Gasteiger partial charge in [-0.1, -0.05) is 17.7 Å². The van der Waals surface area contributed by atoms with Gasteiger partial charge in [-0.05, 0) is 42.3 Å². The van der Waals surface area contributed by atoms with Crippen LogP contribution in [0.1, 0.15) is 11.1 Å². The molecule has 7 nitrogen and oxygen atoms in total. The molecule has 0 bridgehead atoms. The minimum absolute atomic E-state index is 0.00763. The van der Waals surface area contributed by atoms with E-state index < -0.39 is 18.5 Å². The molecular weight excluding hydrogens is 386 g/mol. The van der Waals surface area contributed by atoms with E-state index in [1.807, 2.05) is 0 Å². The van der Waals surface area contributed by atoms with Crippen LogP contribution >= 0.6 is 11.6 Å². The topological polar surface area (TPSA) is 94.1 Å². The molecule has 2 aromatic rings. The number of amides is 1. The number of hydrogen-bond donors (Lipinski definition) is 2. The Balaban J connectivity index is 1.92. The fraction of sp³-hybridized carbons (Fsp3) is 0.200. The molecule has 8 heteroatoms. The van der Waals surface area contributed by atoms with Crippen LogP contribution in [-0.2, 0) is 14.3 Å². The second kappa shape index (κ2) is 9.66. The highest BCUT2D eigenvalue weighted by Gasteiger charge is 2.12. The van der Waals surface area contributed by atoms with Crippen molar-refractivity contribution >= 4 is 35.2 Å². The fourth-order valence-corrected chi connectivity index (χ4v) is 2.42. The number of esters is 1. The normalized spacial score (nSPS) is 10.6. The summed E-state index contributed by atoms with van der Waals surface area (Å²) in [6.45, 7) is 1.33. The molecule has 0 unspecified atom stereocenters. The van der Waals surface area contributed by atoms with Crippen LogP contribution in [-0.4, -0.2) is 37.8 Å². The van der Waals surface area contributed by atoms with E-state index in [-0.39, 0.29) is 11.5 Å². The van der Waals surface area contributed by atoms with Crippen LogP contribution in [0.2, 0.25) is 5.02 Å². The maximum atomic E-state index is 12.0. The zero-order valence-corrected chi connectivity index (χ0v) is 16.4. The van der Waals surface area contributed by atoms with Crippen LogP contribution in [0.3, 0.4) is 0 Å². The summed E-state index contributed by atoms with van der Waals surface area (Å²) in [5.74, 6) is -0.542. The third-order valence-electron chi connectivity index (χ3n) is 3.72. The first kappa shape index (κ1) is 21.1. The van der Waals surface area contributed by atoms with Gasteiger partial charge in [0.25, 0.3) is 5.91 Å². The minimum Gasteiger partial charge on any atom is -0.504 e. The highest BCUT2D eigenvalue weighted by molar-refractivity contribution is 6.31. The van der Waals surface area contributed by atoms with Gasteiger partial charge in [0, 0.05) is 17.2 Å². The lowest BCUT2D eigenvalue weighted by molar-refractivity contribution is -0.142. The van der Waals surface area contributed by atoms with E-state index >= 15 is 0 Å². The zero-order valence-electron chi connectivity index (χ0n) is 15.6. The van der Waals surface area contributed by atoms with Crippen LogP contribution in [0.15, 0.2) is 36.4 Å². The first-order valence-corrected chi connectivity index (χ1v) is 8.57. The monoisotopic (exact) mass is 405 g/mol. The highest BCUT2D eigenvalue weighted by Crippen LogP contribution is 2.31. The number of methoxy groups -OCH3 is 2. The molecule has 0 aliphatic heterocycles. The van der Waals surface area contributed by atoms with Gasteiger partial charge in [-0.2, -0.15) is 0 Å². The number of hydrogen-bond acceptors (Lipinski definition) is 6. The SMILES string of the molecule is COc1cc(/C=C/C(=O)OCC(=O)Nc2cc(C)c(Cl)cc2OC)ccc1O. The molecule has 2 N–H and O–H groups in total. The molecular formula is C20H20ClNO6. The van der Waals surface area contributed by atoms with Gasteiger partial charge in [0.1, 0.15) is 5.75 Å². The third-order valence-corrected chi connectivity index (χ3v) is 4.12. The highest BCUT2D eigenvalue weighted by atomic mass is 35.5. The number of halogens is 1. The Bertz CT molecular complexity index is 910. The second-order valence-corrected chi connectivity index (χ2v) is 6.13. The van der Waals surface area contributed by atoms with Gasteiger partial charge < -0.3 is 24.6 Å². The van der Waals surface area contributed by atoms with E-state index in [4.69, 9.17) is 25.8 Å². The summed E-state index contributed by atoms with van der Waals surface area (Å²) in [5, 5.41) is 12.7. The first-order valence-electron chi connectivity index (χ1n) is 8.20. The summed E-state index contributed by atoms with van der Waals surface area (Å²) in [4.78, 5) is 23.8. The van der Waals surface area contributed by atoms with Crippen molar-refractivity contribution in [3.05, 3.63) is 52.6 Å². The van der Waals surface area contributed by atoms with Gasteiger partial charge >= 0.3 is 5.97 Å². The Kier molecular flexibility index (Phi) is 7.28. The van der Waals surface area contributed by atoms with Crippen LogP contribution in [0.4, 0.5) is 5.69 Å². The Morgan fingerprint density at radius 2 is 1.86 bits per heavy atom. The summed E-state index contributed by atoms with van der Waals surface area (Å²) in [7, 11) is 2.88. The quantitative estimate of drug-likeness (QED) is 0.540. The molecule has 1 amide bonds. The van der Waals surface area contributed by atoms with Crippen LogP contribution < -0.4 is 14.8 Å². The molecule has 28 heavy (non-hydrogen) atoms. The molecule has 2 aromatic carbocycles. The molecule has 0 aliphatic rings. The van der Waals surface area contributed by atoms with Crippen LogP contribution in [0.5, 0.6) is 17.2 Å². The Hall–Kier alpha value is -3.19. The Morgan fingerprint density at radius 1 is 1.14 bits per heavy atom. The minimum atomic E-state index is -0.693. The summed E-state index contributed by atoms with van der Waals surface area (Å²) in [5.41, 5.74) is 1.82. The number of aromatic hydroxyl groups is 1. The van der Waals surface area contributed by atoms with Crippen molar-refractivity contribution in [3.8, 4) is 17.2 Å². The molecule has 0 aromatic heterocycles. The molecule has 0 radical (unpaired) electrons. The van der Waals surface area contributed by atoms with Crippen molar-refractivity contribution in [2.24, 2.45) is 0 Å². The lowest BCUT2D eigenvalue weighted by atomic mass is 10.2. The number of nitrogens with one attached hydrogen (secondary N) is 1. The van der Waals surface area contributed by atoms with Gasteiger partial charge in [0.2, 0.25) is 0 Å². The van der Waals surface area contributed by atoms with Gasteiger partial charge in [0.15, 0.2) is 18.1 Å². The van der Waals surface area contributed by atoms with Crippen molar-refractivity contribution in [1.82, 2.24) is 0 Å². The molecule has 0 fully saturated rings. The smallest absolute Gasteiger partial charge is 0.331 e. The summed E-state index contributed by atoms with van der Waals surface area (Å²) < 4.78 is 15.1. The van der Waals surface area contributed by atoms with Crippen molar-refractivity contribution < 1.29 is 28.9 Å². The van der Waals surface area contributed by atoms with Crippen molar-refractivity contribution in [2.45, 2.75) is 6.92 Å². The van der Waals surface area contributed by atoms with Crippen molar-refractivity contribution in [3.63, 3.8) is 0 Å². The standard InChI is InChI=1S/C20H20ClNO6/c1-12-8-15(17(26-2)10-14(12)21)22-19(24)11-28-20(25)7-5-13-4-6-16(23)18(9-13)27-3/h4-10,23H,11H2,1-3H3,(H,22,24)/b7-5+. The lowest BCUT2D eigenvalue weighted by Crippen LogP contribution is -2.20. The summed E-state index contributed by atoms with van der Waals surface area (Å²) in [6, 6.07) is 7.86. The van der Waals surface area contributed by atoms with E-state index in [1.54, 1.807) is 31.2 Å². The second-order valence-electron chi connectivity index (χ2n) is 5.72. The Labute approximate surface area is 167 Å². The number of anilines is 1. The van der Waals surface area contributed by atoms with Gasteiger partial charge in [-0.3, -0.25) is 4.79 Å². The molecule has 0 atom stereocenters. The average molecular weight is 406 g/mol. The number of ether oxygens (including phenoxy) is 3. The molecule has 0 saturated heterocycles. The number of rotatable bonds is 7. The molecule has 148 valence electrons. The summed E-state index contributed by atoms with van der Waals surface area (Å²) >= 11 is 6.03. The predicted molar refractivity (Wildman–Crippen MR) is 106 cm³/mol. The first-order chi connectivity index (χ1) is 13.3. The van der Waals surface area contributed by atoms with Gasteiger partial charge in [-0.25, -0.2) is 4.79 Å². The van der Waals surface area contributed by atoms with Crippen molar-refractivity contribution in [1.29, 1.82) is 0 Å². The van der Waals surface area contributed by atoms with Crippen molar-refractivity contribution in [2.75, 3.05) is 26.1 Å². The number of aryl methyl sites for hydroxylation is 1. The van der Waals surface area contributed by atoms with Crippen LogP contribution in [0.25, 0.3) is 6.08 Å². The number of phenols is 1. The molecule has 0 spiro atoms. The van der Waals surface area contributed by atoms with E-state index in [2.05, 4.69) is 5.32 Å². The van der Waals surface area contributed by atoms with E-state index in [9.17, 15) is 14.7 Å². The fourth-order valence-electron chi connectivity index (χ4n) is 2.26. The average Bonchev–Trinajstić information content (AvgIpc) is 2.68. The van der Waals surface area contributed by atoms with Gasteiger partial charge in [-0.15, -0.1) is 0 Å². The van der Waals surface area contributed by atoms with E-state index in [1.165, 1.54) is 32.4 Å². The molecule has 2 rings (SSSR count). The number of benzene rings is 2. The molecule has 0 heterocycles. The summed E-state index contributed by atoms with van der Waals surface area (Å²) in [6.07, 6.45) is 2.65. The van der Waals surface area contributed by atoms with Crippen LogP contribution in [0, 0.1) is 6.92 Å². The number of phenolic OH excluding ortho intramolecular Hbond substituents is 1. The predicted octanol–water partition coefficient (Wildman–Crippen LogP) is 3.57. The Morgan fingerprint density at radius 3 is 2.54 bits per heavy atom. The zero-order chi connectivity index (χ0) is 20.7. The maximum absolute atomic E-state index is 12.0. The molecule has 0 saturated carbocycles. The largest absolute Gasteiger partial charge is 0.504 e. The van der Waals surface area contributed by atoms with Gasteiger partial charge in [0.05, 0.1) is 19.9 Å². The number of carbonyl (C=O) groups excluding carboxylic acids is 2.